The molecule has 0 atom stereocenters. The quantitative estimate of drug-likeness (QED) is 0.579. The Hall–Kier alpha value is -2.69. The number of hydrogen-bond donors (Lipinski definition) is 1. The fourth-order valence-electron chi connectivity index (χ4n) is 2.75. The second-order valence-electron chi connectivity index (χ2n) is 5.23. The van der Waals surface area contributed by atoms with Gasteiger partial charge in [0.15, 0.2) is 0 Å². The van der Waals surface area contributed by atoms with Crippen LogP contribution in [0.4, 0.5) is 4.39 Å². The summed E-state index contributed by atoms with van der Waals surface area (Å²) in [5, 5.41) is 7.19. The number of aromatic nitrogens is 4. The van der Waals surface area contributed by atoms with Gasteiger partial charge in [0.25, 0.3) is 0 Å². The van der Waals surface area contributed by atoms with Gasteiger partial charge >= 0.3 is 0 Å². The Morgan fingerprint density at radius 3 is 2.90 bits per heavy atom. The van der Waals surface area contributed by atoms with Crippen molar-refractivity contribution in [3.63, 3.8) is 0 Å². The minimum absolute atomic E-state index is 0.292. The summed E-state index contributed by atoms with van der Waals surface area (Å²) in [6.07, 6.45) is 1.49. The molecular weight excluding hydrogens is 267 g/mol. The molecule has 0 bridgehead atoms. The normalized spacial score (nSPS) is 11.6. The van der Waals surface area contributed by atoms with Crippen molar-refractivity contribution in [2.24, 2.45) is 7.05 Å². The van der Waals surface area contributed by atoms with Crippen LogP contribution in [0.3, 0.4) is 0 Å². The van der Waals surface area contributed by atoms with E-state index in [0.29, 0.717) is 10.9 Å². The Balaban J connectivity index is 2.04. The van der Waals surface area contributed by atoms with Crippen LogP contribution in [0.2, 0.25) is 0 Å². The lowest BCUT2D eigenvalue weighted by Crippen LogP contribution is -1.93. The van der Waals surface area contributed by atoms with E-state index in [0.717, 1.165) is 28.0 Å². The lowest BCUT2D eigenvalue weighted by molar-refractivity contribution is 0.640. The number of rotatable bonds is 1. The van der Waals surface area contributed by atoms with Gasteiger partial charge in [0, 0.05) is 12.6 Å². The Morgan fingerprint density at radius 1 is 1.24 bits per heavy atom. The molecule has 0 unspecified atom stereocenters. The van der Waals surface area contributed by atoms with E-state index in [1.54, 1.807) is 0 Å². The molecule has 0 amide bonds. The van der Waals surface area contributed by atoms with E-state index in [2.05, 4.69) is 15.2 Å². The highest BCUT2D eigenvalue weighted by Crippen LogP contribution is 2.28. The molecule has 0 fully saturated rings. The average molecular weight is 280 g/mol. The first-order valence-electron chi connectivity index (χ1n) is 6.70. The maximum atomic E-state index is 14.1. The van der Waals surface area contributed by atoms with Crippen molar-refractivity contribution in [1.29, 1.82) is 0 Å². The standard InChI is InChI=1S/C16H13FN4/c1-9-4-3-5-14-15(9)19-16(21(14)2)10-6-12(17)11-8-18-20-13(11)7-10/h3-8H,1-2H3,(H,18,20). The molecule has 0 spiro atoms. The van der Waals surface area contributed by atoms with Gasteiger partial charge < -0.3 is 4.57 Å². The van der Waals surface area contributed by atoms with Gasteiger partial charge in [-0.15, -0.1) is 0 Å². The maximum absolute atomic E-state index is 14.1. The zero-order valence-electron chi connectivity index (χ0n) is 11.7. The Bertz CT molecular complexity index is 981. The Labute approximate surface area is 120 Å². The van der Waals surface area contributed by atoms with Crippen molar-refractivity contribution in [3.8, 4) is 11.4 Å². The van der Waals surface area contributed by atoms with E-state index in [4.69, 9.17) is 0 Å². The summed E-state index contributed by atoms with van der Waals surface area (Å²) in [6, 6.07) is 9.43. The van der Waals surface area contributed by atoms with Gasteiger partial charge in [0.05, 0.1) is 28.1 Å². The van der Waals surface area contributed by atoms with E-state index >= 15 is 0 Å². The number of imidazole rings is 1. The third-order valence-corrected chi connectivity index (χ3v) is 3.88. The molecule has 0 aliphatic heterocycles. The molecule has 5 heteroatoms. The van der Waals surface area contributed by atoms with Crippen molar-refractivity contribution < 1.29 is 4.39 Å². The predicted octanol–water partition coefficient (Wildman–Crippen LogP) is 3.56. The van der Waals surface area contributed by atoms with Crippen molar-refractivity contribution in [2.45, 2.75) is 6.92 Å². The number of hydrogen-bond acceptors (Lipinski definition) is 2. The average Bonchev–Trinajstić information content (AvgIpc) is 3.05. The number of aryl methyl sites for hydroxylation is 2. The number of H-pyrrole nitrogens is 1. The van der Waals surface area contributed by atoms with E-state index in [-0.39, 0.29) is 5.82 Å². The first kappa shape index (κ1) is 12.1. The highest BCUT2D eigenvalue weighted by Gasteiger charge is 2.14. The van der Waals surface area contributed by atoms with Crippen molar-refractivity contribution >= 4 is 21.9 Å². The Morgan fingerprint density at radius 2 is 2.10 bits per heavy atom. The first-order valence-corrected chi connectivity index (χ1v) is 6.70. The first-order chi connectivity index (χ1) is 10.1. The van der Waals surface area contributed by atoms with E-state index in [9.17, 15) is 4.39 Å². The second kappa shape index (κ2) is 4.15. The lowest BCUT2D eigenvalue weighted by atomic mass is 10.1. The van der Waals surface area contributed by atoms with Crippen LogP contribution in [0.1, 0.15) is 5.56 Å². The van der Waals surface area contributed by atoms with Crippen LogP contribution in [-0.2, 0) is 7.05 Å². The molecular formula is C16H13FN4. The summed E-state index contributed by atoms with van der Waals surface area (Å²) in [6.45, 7) is 2.03. The highest BCUT2D eigenvalue weighted by molar-refractivity contribution is 5.87. The molecule has 4 aromatic rings. The maximum Gasteiger partial charge on any atom is 0.141 e. The lowest BCUT2D eigenvalue weighted by Gasteiger charge is -2.03. The van der Waals surface area contributed by atoms with E-state index < -0.39 is 0 Å². The zero-order valence-corrected chi connectivity index (χ0v) is 11.7. The molecule has 2 aromatic heterocycles. The minimum Gasteiger partial charge on any atom is -0.327 e. The summed E-state index contributed by atoms with van der Waals surface area (Å²) >= 11 is 0. The molecule has 4 nitrogen and oxygen atoms in total. The molecule has 0 aliphatic rings. The summed E-state index contributed by atoms with van der Waals surface area (Å²) in [4.78, 5) is 4.68. The number of nitrogens with zero attached hydrogens (tertiary/aromatic N) is 3. The number of aromatic amines is 1. The molecule has 104 valence electrons. The molecule has 0 aliphatic carbocycles. The molecule has 2 heterocycles. The van der Waals surface area contributed by atoms with Crippen molar-refractivity contribution in [2.75, 3.05) is 0 Å². The van der Waals surface area contributed by atoms with E-state index in [1.165, 1.54) is 12.3 Å². The summed E-state index contributed by atoms with van der Waals surface area (Å²) in [5.41, 5.74) is 4.50. The molecule has 2 aromatic carbocycles. The highest BCUT2D eigenvalue weighted by atomic mass is 19.1. The van der Waals surface area contributed by atoms with Crippen LogP contribution in [0.15, 0.2) is 36.5 Å². The molecule has 0 radical (unpaired) electrons. The third-order valence-electron chi connectivity index (χ3n) is 3.88. The monoisotopic (exact) mass is 280 g/mol. The van der Waals surface area contributed by atoms with Crippen molar-refractivity contribution in [1.82, 2.24) is 19.7 Å². The molecule has 4 rings (SSSR count). The number of nitrogens with one attached hydrogen (secondary N) is 1. The van der Waals surface area contributed by atoms with E-state index in [1.807, 2.05) is 42.8 Å². The zero-order chi connectivity index (χ0) is 14.6. The number of benzene rings is 2. The van der Waals surface area contributed by atoms with Gasteiger partial charge in [-0.3, -0.25) is 5.10 Å². The molecule has 0 saturated heterocycles. The molecule has 1 N–H and O–H groups in total. The van der Waals surface area contributed by atoms with Gasteiger partial charge in [0.2, 0.25) is 0 Å². The van der Waals surface area contributed by atoms with Crippen molar-refractivity contribution in [3.05, 3.63) is 47.9 Å². The van der Waals surface area contributed by atoms with Crippen LogP contribution in [-0.4, -0.2) is 19.7 Å². The van der Waals surface area contributed by atoms with Gasteiger partial charge in [0.1, 0.15) is 11.6 Å². The van der Waals surface area contributed by atoms with Crippen LogP contribution in [0.5, 0.6) is 0 Å². The van der Waals surface area contributed by atoms with Crippen LogP contribution < -0.4 is 0 Å². The topological polar surface area (TPSA) is 46.5 Å². The van der Waals surface area contributed by atoms with Gasteiger partial charge in [-0.05, 0) is 30.7 Å². The summed E-state index contributed by atoms with van der Waals surface area (Å²) in [7, 11) is 1.94. The summed E-state index contributed by atoms with van der Waals surface area (Å²) < 4.78 is 16.1. The predicted molar refractivity (Wildman–Crippen MR) is 80.5 cm³/mol. The summed E-state index contributed by atoms with van der Waals surface area (Å²) in [5.74, 6) is 0.453. The number of para-hydroxylation sites is 1. The van der Waals surface area contributed by atoms with Crippen LogP contribution >= 0.6 is 0 Å². The minimum atomic E-state index is -0.292. The smallest absolute Gasteiger partial charge is 0.141 e. The SMILES string of the molecule is Cc1cccc2c1nc(-c1cc(F)c3cn[nH]c3c1)n2C. The third kappa shape index (κ3) is 1.67. The van der Waals surface area contributed by atoms with Crippen LogP contribution in [0, 0.1) is 12.7 Å². The largest absolute Gasteiger partial charge is 0.327 e. The molecule has 21 heavy (non-hydrogen) atoms. The fraction of sp³-hybridized carbons (Fsp3) is 0.125. The van der Waals surface area contributed by atoms with Gasteiger partial charge in [-0.1, -0.05) is 12.1 Å². The van der Waals surface area contributed by atoms with Gasteiger partial charge in [-0.2, -0.15) is 5.10 Å². The second-order valence-corrected chi connectivity index (χ2v) is 5.23. The number of halogens is 1. The van der Waals surface area contributed by atoms with Gasteiger partial charge in [-0.25, -0.2) is 9.37 Å². The fourth-order valence-corrected chi connectivity index (χ4v) is 2.75. The Kier molecular flexibility index (Phi) is 2.39. The number of fused-ring (bicyclic) bond motifs is 2. The van der Waals surface area contributed by atoms with Crippen LogP contribution in [0.25, 0.3) is 33.3 Å². The molecule has 0 saturated carbocycles.